The predicted molar refractivity (Wildman–Crippen MR) is 218 cm³/mol. The van der Waals surface area contributed by atoms with Gasteiger partial charge in [-0.3, -0.25) is 0 Å². The molecular formula is C48H66N2. The highest BCUT2D eigenvalue weighted by atomic mass is 14.5. The molecule has 0 radical (unpaired) electrons. The molecule has 0 spiro atoms. The van der Waals surface area contributed by atoms with Crippen LogP contribution in [0.4, 0.5) is 11.4 Å². The summed E-state index contributed by atoms with van der Waals surface area (Å²) in [4.78, 5) is 0. The lowest BCUT2D eigenvalue weighted by Gasteiger charge is -2.42. The summed E-state index contributed by atoms with van der Waals surface area (Å²) < 4.78 is 0. The second-order valence-electron chi connectivity index (χ2n) is 15.5. The number of unbranched alkanes of at least 4 members (excludes halogenated alkanes) is 7. The second kappa shape index (κ2) is 19.2. The van der Waals surface area contributed by atoms with Gasteiger partial charge in [0.1, 0.15) is 0 Å². The average Bonchev–Trinajstić information content (AvgIpc) is 3.15. The standard InChI is InChI=1S/C48H66N2/c1-4-7-10-13-14-37-33-35-48(36-34-37,42-25-17-38(18-26-42)46(15-11-8-5-2)40-21-29-44(49)30-22-40)43-27-19-39(20-28-43)47(16-12-9-6-3)41-23-31-45(50)32-24-41/h17-32,37,46-47H,4-16,33-36,49-50H2,1-3H3. The minimum absolute atomic E-state index is 0.0643. The zero-order chi connectivity index (χ0) is 35.2. The third kappa shape index (κ3) is 9.83. The van der Waals surface area contributed by atoms with Gasteiger partial charge in [0.05, 0.1) is 0 Å². The molecule has 0 aromatic heterocycles. The van der Waals surface area contributed by atoms with Gasteiger partial charge >= 0.3 is 0 Å². The molecule has 0 amide bonds. The van der Waals surface area contributed by atoms with Gasteiger partial charge in [0.25, 0.3) is 0 Å². The van der Waals surface area contributed by atoms with Crippen molar-refractivity contribution in [3.63, 3.8) is 0 Å². The topological polar surface area (TPSA) is 52.0 Å². The van der Waals surface area contributed by atoms with E-state index in [9.17, 15) is 0 Å². The number of anilines is 2. The van der Waals surface area contributed by atoms with Crippen molar-refractivity contribution in [2.45, 2.75) is 147 Å². The van der Waals surface area contributed by atoms with Gasteiger partial charge in [-0.05, 0) is 102 Å². The van der Waals surface area contributed by atoms with E-state index < -0.39 is 0 Å². The van der Waals surface area contributed by atoms with E-state index >= 15 is 0 Å². The Labute approximate surface area is 305 Å². The number of benzene rings is 4. The quantitative estimate of drug-likeness (QED) is 0.0770. The third-order valence-corrected chi connectivity index (χ3v) is 12.0. The van der Waals surface area contributed by atoms with Crippen LogP contribution in [0.2, 0.25) is 0 Å². The highest BCUT2D eigenvalue weighted by Crippen LogP contribution is 2.48. The molecule has 1 fully saturated rings. The number of hydrogen-bond acceptors (Lipinski definition) is 2. The van der Waals surface area contributed by atoms with E-state index in [4.69, 9.17) is 11.5 Å². The molecule has 4 aromatic carbocycles. The summed E-state index contributed by atoms with van der Waals surface area (Å²) in [7, 11) is 0. The van der Waals surface area contributed by atoms with Gasteiger partial charge in [0, 0.05) is 28.6 Å². The zero-order valence-electron chi connectivity index (χ0n) is 31.6. The molecule has 4 aromatic rings. The van der Waals surface area contributed by atoms with Crippen LogP contribution in [0, 0.1) is 5.92 Å². The maximum Gasteiger partial charge on any atom is 0.0314 e. The molecule has 1 aliphatic carbocycles. The first-order valence-corrected chi connectivity index (χ1v) is 20.4. The Balaban J connectivity index is 1.45. The highest BCUT2D eigenvalue weighted by Gasteiger charge is 2.38. The fraction of sp³-hybridized carbons (Fsp3) is 0.500. The maximum atomic E-state index is 6.09. The summed E-state index contributed by atoms with van der Waals surface area (Å²) in [6.45, 7) is 6.91. The molecule has 0 aliphatic heterocycles. The molecule has 0 heterocycles. The minimum Gasteiger partial charge on any atom is -0.399 e. The van der Waals surface area contributed by atoms with E-state index in [1.54, 1.807) is 0 Å². The van der Waals surface area contributed by atoms with E-state index in [1.807, 2.05) is 0 Å². The molecule has 5 rings (SSSR count). The van der Waals surface area contributed by atoms with E-state index in [1.165, 1.54) is 143 Å². The van der Waals surface area contributed by atoms with Crippen molar-refractivity contribution in [1.82, 2.24) is 0 Å². The summed E-state index contributed by atoms with van der Waals surface area (Å²) >= 11 is 0. The van der Waals surface area contributed by atoms with Crippen molar-refractivity contribution >= 4 is 11.4 Å². The van der Waals surface area contributed by atoms with E-state index in [-0.39, 0.29) is 5.41 Å². The summed E-state index contributed by atoms with van der Waals surface area (Å²) in [6.07, 6.45) is 21.9. The van der Waals surface area contributed by atoms with Gasteiger partial charge in [0.2, 0.25) is 0 Å². The molecule has 2 heteroatoms. The lowest BCUT2D eigenvalue weighted by atomic mass is 9.62. The van der Waals surface area contributed by atoms with Crippen molar-refractivity contribution < 1.29 is 0 Å². The smallest absolute Gasteiger partial charge is 0.0314 e. The van der Waals surface area contributed by atoms with E-state index in [0.29, 0.717) is 11.8 Å². The van der Waals surface area contributed by atoms with Crippen LogP contribution in [0.1, 0.15) is 175 Å². The van der Waals surface area contributed by atoms with Crippen molar-refractivity contribution in [1.29, 1.82) is 0 Å². The van der Waals surface area contributed by atoms with Crippen LogP contribution >= 0.6 is 0 Å². The van der Waals surface area contributed by atoms with Gasteiger partial charge in [-0.25, -0.2) is 0 Å². The van der Waals surface area contributed by atoms with Crippen molar-refractivity contribution in [3.05, 3.63) is 130 Å². The Morgan fingerprint density at radius 1 is 0.480 bits per heavy atom. The van der Waals surface area contributed by atoms with Gasteiger partial charge in [-0.15, -0.1) is 0 Å². The molecule has 2 nitrogen and oxygen atoms in total. The molecule has 0 bridgehead atoms. The fourth-order valence-electron chi connectivity index (χ4n) is 8.84. The Kier molecular flexibility index (Phi) is 14.5. The van der Waals surface area contributed by atoms with Crippen LogP contribution in [0.5, 0.6) is 0 Å². The predicted octanol–water partition coefficient (Wildman–Crippen LogP) is 13.7. The highest BCUT2D eigenvalue weighted by molar-refractivity contribution is 5.47. The SMILES string of the molecule is CCCCCCC1CCC(c2ccc(C(CCCCC)c3ccc(N)cc3)cc2)(c2ccc(C(CCCCC)c3ccc(N)cc3)cc2)CC1. The van der Waals surface area contributed by atoms with Crippen LogP contribution in [0.3, 0.4) is 0 Å². The largest absolute Gasteiger partial charge is 0.399 e. The molecule has 268 valence electrons. The molecule has 2 atom stereocenters. The third-order valence-electron chi connectivity index (χ3n) is 12.0. The van der Waals surface area contributed by atoms with E-state index in [0.717, 1.165) is 17.3 Å². The molecule has 1 saturated carbocycles. The number of rotatable bonds is 19. The molecule has 1 aliphatic rings. The molecule has 2 unspecified atom stereocenters. The van der Waals surface area contributed by atoms with E-state index in [2.05, 4.69) is 118 Å². The summed E-state index contributed by atoms with van der Waals surface area (Å²) in [5.74, 6) is 1.67. The molecule has 4 N–H and O–H groups in total. The Hall–Kier alpha value is -3.52. The van der Waals surface area contributed by atoms with Crippen LogP contribution in [-0.2, 0) is 5.41 Å². The van der Waals surface area contributed by atoms with Crippen molar-refractivity contribution in [2.24, 2.45) is 5.92 Å². The molecular weight excluding hydrogens is 605 g/mol. The Morgan fingerprint density at radius 3 is 1.22 bits per heavy atom. The first-order chi connectivity index (χ1) is 24.5. The lowest BCUT2D eigenvalue weighted by molar-refractivity contribution is 0.250. The second-order valence-corrected chi connectivity index (χ2v) is 15.5. The Morgan fingerprint density at radius 2 is 0.840 bits per heavy atom. The summed E-state index contributed by atoms with van der Waals surface area (Å²) in [5.41, 5.74) is 22.6. The van der Waals surface area contributed by atoms with Crippen molar-refractivity contribution in [2.75, 3.05) is 11.5 Å². The maximum absolute atomic E-state index is 6.09. The van der Waals surface area contributed by atoms with Crippen molar-refractivity contribution in [3.8, 4) is 0 Å². The Bertz CT molecular complexity index is 1400. The van der Waals surface area contributed by atoms with Crippen LogP contribution < -0.4 is 11.5 Å². The first-order valence-electron chi connectivity index (χ1n) is 20.4. The number of nitrogens with two attached hydrogens (primary N) is 2. The van der Waals surface area contributed by atoms with Gasteiger partial charge < -0.3 is 11.5 Å². The molecule has 50 heavy (non-hydrogen) atoms. The van der Waals surface area contributed by atoms with Crippen LogP contribution in [0.15, 0.2) is 97.1 Å². The van der Waals surface area contributed by atoms with Crippen LogP contribution in [0.25, 0.3) is 0 Å². The summed E-state index contributed by atoms with van der Waals surface area (Å²) in [6, 6.07) is 37.1. The monoisotopic (exact) mass is 671 g/mol. The number of nitrogen functional groups attached to an aromatic ring is 2. The normalized spacial score (nSPS) is 18.9. The fourth-order valence-corrected chi connectivity index (χ4v) is 8.84. The van der Waals surface area contributed by atoms with Gasteiger partial charge in [0.15, 0.2) is 0 Å². The van der Waals surface area contributed by atoms with Crippen LogP contribution in [-0.4, -0.2) is 0 Å². The first kappa shape index (κ1) is 37.7. The number of hydrogen-bond donors (Lipinski definition) is 2. The average molecular weight is 671 g/mol. The lowest BCUT2D eigenvalue weighted by Crippen LogP contribution is -2.33. The minimum atomic E-state index is 0.0643. The van der Waals surface area contributed by atoms with Gasteiger partial charge in [-0.1, -0.05) is 164 Å². The van der Waals surface area contributed by atoms with Gasteiger partial charge in [-0.2, -0.15) is 0 Å². The zero-order valence-corrected chi connectivity index (χ0v) is 31.6. The summed E-state index contributed by atoms with van der Waals surface area (Å²) in [5, 5.41) is 0. The molecule has 0 saturated heterocycles.